The van der Waals surface area contributed by atoms with Crippen LogP contribution in [0, 0.1) is 12.8 Å². The first-order valence-corrected chi connectivity index (χ1v) is 7.56. The monoisotopic (exact) mass is 286 g/mol. The van der Waals surface area contributed by atoms with E-state index >= 15 is 0 Å². The lowest BCUT2D eigenvalue weighted by Gasteiger charge is -2.13. The van der Waals surface area contributed by atoms with E-state index < -0.39 is 0 Å². The highest BCUT2D eigenvalue weighted by molar-refractivity contribution is 5.86. The normalized spacial score (nSPS) is 17.2. The molecule has 21 heavy (non-hydrogen) atoms. The van der Waals surface area contributed by atoms with Crippen LogP contribution < -0.4 is 5.32 Å². The fourth-order valence-electron chi connectivity index (χ4n) is 2.94. The zero-order valence-electron chi connectivity index (χ0n) is 12.8. The van der Waals surface area contributed by atoms with Gasteiger partial charge in [-0.2, -0.15) is 0 Å². The largest absolute Gasteiger partial charge is 0.449 e. The van der Waals surface area contributed by atoms with Gasteiger partial charge in [-0.1, -0.05) is 25.5 Å². The minimum absolute atomic E-state index is 0.135. The summed E-state index contributed by atoms with van der Waals surface area (Å²) in [6.45, 7) is 6.63. The van der Waals surface area contributed by atoms with Gasteiger partial charge >= 0.3 is 6.09 Å². The van der Waals surface area contributed by atoms with Gasteiger partial charge in [-0.3, -0.25) is 0 Å². The Labute approximate surface area is 124 Å². The number of hydrogen-bond acceptors (Lipinski definition) is 2. The molecule has 2 aromatic rings. The predicted octanol–water partition coefficient (Wildman–Crippen LogP) is 3.33. The molecular formula is C17H22N2O2. The second-order valence-electron chi connectivity index (χ2n) is 6.37. The summed E-state index contributed by atoms with van der Waals surface area (Å²) in [5, 5.41) is 4.25. The van der Waals surface area contributed by atoms with Crippen LogP contribution in [-0.2, 0) is 17.6 Å². The molecule has 0 saturated heterocycles. The molecule has 1 atom stereocenters. The van der Waals surface area contributed by atoms with E-state index in [1.807, 2.05) is 13.8 Å². The first-order chi connectivity index (χ1) is 10.0. The first-order valence-electron chi connectivity index (χ1n) is 7.56. The second kappa shape index (κ2) is 5.43. The minimum atomic E-state index is -0.306. The van der Waals surface area contributed by atoms with Crippen molar-refractivity contribution in [3.63, 3.8) is 0 Å². The van der Waals surface area contributed by atoms with E-state index in [9.17, 15) is 4.79 Å². The molecule has 3 rings (SSSR count). The van der Waals surface area contributed by atoms with Crippen LogP contribution in [0.25, 0.3) is 10.9 Å². The van der Waals surface area contributed by atoms with Crippen molar-refractivity contribution in [1.82, 2.24) is 10.3 Å². The number of rotatable bonds is 3. The van der Waals surface area contributed by atoms with Crippen molar-refractivity contribution in [1.29, 1.82) is 0 Å². The number of carbonyl (C=O) groups excluding carboxylic acids is 1. The number of aromatic amines is 1. The molecule has 2 N–H and O–H groups in total. The fraction of sp³-hybridized carbons (Fsp3) is 0.471. The van der Waals surface area contributed by atoms with Crippen molar-refractivity contribution in [3.8, 4) is 0 Å². The minimum Gasteiger partial charge on any atom is -0.449 e. The van der Waals surface area contributed by atoms with Gasteiger partial charge in [0.05, 0.1) is 6.61 Å². The van der Waals surface area contributed by atoms with Crippen LogP contribution in [0.15, 0.2) is 18.2 Å². The number of benzene rings is 1. The van der Waals surface area contributed by atoms with Gasteiger partial charge in [0.2, 0.25) is 0 Å². The molecule has 4 nitrogen and oxygen atoms in total. The number of carbonyl (C=O) groups is 1. The van der Waals surface area contributed by atoms with Gasteiger partial charge in [0.25, 0.3) is 0 Å². The van der Waals surface area contributed by atoms with E-state index in [0.29, 0.717) is 12.5 Å². The topological polar surface area (TPSA) is 54.1 Å². The molecule has 1 aliphatic carbocycles. The standard InChI is InChI=1S/C17H22N2O2/c1-10(2)9-21-17(20)18-12-7-14-13-6-11(3)4-5-15(13)19-16(14)8-12/h4-6,10,12,19H,7-9H2,1-3H3,(H,18,20). The molecule has 4 heteroatoms. The number of hydrogen-bond donors (Lipinski definition) is 2. The van der Waals surface area contributed by atoms with E-state index in [1.165, 1.54) is 27.7 Å². The Morgan fingerprint density at radius 1 is 1.43 bits per heavy atom. The summed E-state index contributed by atoms with van der Waals surface area (Å²) in [6, 6.07) is 6.59. The predicted molar refractivity (Wildman–Crippen MR) is 83.6 cm³/mol. The summed E-state index contributed by atoms with van der Waals surface area (Å²) < 4.78 is 5.19. The maximum Gasteiger partial charge on any atom is 0.407 e. The molecule has 1 aromatic heterocycles. The van der Waals surface area contributed by atoms with E-state index in [0.717, 1.165) is 12.8 Å². The molecule has 0 saturated carbocycles. The van der Waals surface area contributed by atoms with E-state index in [-0.39, 0.29) is 12.1 Å². The van der Waals surface area contributed by atoms with Crippen LogP contribution in [0.1, 0.15) is 30.7 Å². The molecule has 0 fully saturated rings. The van der Waals surface area contributed by atoms with Crippen molar-refractivity contribution in [3.05, 3.63) is 35.0 Å². The Balaban J connectivity index is 1.68. The molecule has 0 radical (unpaired) electrons. The van der Waals surface area contributed by atoms with E-state index in [1.54, 1.807) is 0 Å². The average molecular weight is 286 g/mol. The van der Waals surface area contributed by atoms with Crippen LogP contribution in [0.4, 0.5) is 4.79 Å². The Morgan fingerprint density at radius 3 is 3.00 bits per heavy atom. The van der Waals surface area contributed by atoms with Gasteiger partial charge < -0.3 is 15.0 Å². The molecule has 112 valence electrons. The van der Waals surface area contributed by atoms with Crippen molar-refractivity contribution in [2.75, 3.05) is 6.61 Å². The molecule has 1 heterocycles. The van der Waals surface area contributed by atoms with Crippen LogP contribution in [0.3, 0.4) is 0 Å². The number of fused-ring (bicyclic) bond motifs is 3. The summed E-state index contributed by atoms with van der Waals surface area (Å²) in [5.74, 6) is 0.360. The van der Waals surface area contributed by atoms with Crippen LogP contribution in [-0.4, -0.2) is 23.7 Å². The number of alkyl carbamates (subject to hydrolysis) is 1. The van der Waals surface area contributed by atoms with Crippen molar-refractivity contribution >= 4 is 17.0 Å². The third-order valence-electron chi connectivity index (χ3n) is 3.92. The Hall–Kier alpha value is -1.97. The quantitative estimate of drug-likeness (QED) is 0.909. The lowest BCUT2D eigenvalue weighted by molar-refractivity contribution is 0.129. The van der Waals surface area contributed by atoms with Gasteiger partial charge in [-0.15, -0.1) is 0 Å². The number of ether oxygens (including phenoxy) is 1. The summed E-state index contributed by atoms with van der Waals surface area (Å²) in [4.78, 5) is 15.2. The number of nitrogens with one attached hydrogen (secondary N) is 2. The van der Waals surface area contributed by atoms with Gasteiger partial charge in [-0.05, 0) is 37.0 Å². The van der Waals surface area contributed by atoms with Crippen LogP contribution >= 0.6 is 0 Å². The highest BCUT2D eigenvalue weighted by Crippen LogP contribution is 2.30. The first kappa shape index (κ1) is 14.0. The fourth-order valence-corrected chi connectivity index (χ4v) is 2.94. The van der Waals surface area contributed by atoms with Crippen LogP contribution in [0.5, 0.6) is 0 Å². The summed E-state index contributed by atoms with van der Waals surface area (Å²) in [7, 11) is 0. The highest BCUT2D eigenvalue weighted by atomic mass is 16.5. The van der Waals surface area contributed by atoms with Crippen LogP contribution in [0.2, 0.25) is 0 Å². The summed E-state index contributed by atoms with van der Waals surface area (Å²) in [6.07, 6.45) is 1.41. The van der Waals surface area contributed by atoms with Crippen molar-refractivity contribution in [2.45, 2.75) is 39.7 Å². The van der Waals surface area contributed by atoms with Gasteiger partial charge in [-0.25, -0.2) is 4.79 Å². The lowest BCUT2D eigenvalue weighted by Crippen LogP contribution is -2.36. The van der Waals surface area contributed by atoms with Gasteiger partial charge in [0.1, 0.15) is 0 Å². The average Bonchev–Trinajstić information content (AvgIpc) is 2.94. The van der Waals surface area contributed by atoms with Crippen molar-refractivity contribution < 1.29 is 9.53 Å². The molecular weight excluding hydrogens is 264 g/mol. The Kier molecular flexibility index (Phi) is 3.62. The number of H-pyrrole nitrogens is 1. The van der Waals surface area contributed by atoms with Crippen molar-refractivity contribution in [2.24, 2.45) is 5.92 Å². The smallest absolute Gasteiger partial charge is 0.407 e. The molecule has 0 bridgehead atoms. The number of amides is 1. The molecule has 0 spiro atoms. The lowest BCUT2D eigenvalue weighted by atomic mass is 10.1. The zero-order valence-corrected chi connectivity index (χ0v) is 12.8. The third-order valence-corrected chi connectivity index (χ3v) is 3.92. The SMILES string of the molecule is Cc1ccc2[nH]c3c(c2c1)CC(NC(=O)OCC(C)C)C3. The Morgan fingerprint density at radius 2 is 2.24 bits per heavy atom. The number of aryl methyl sites for hydroxylation is 1. The molecule has 1 aromatic carbocycles. The molecule has 1 aliphatic rings. The van der Waals surface area contributed by atoms with Gasteiger partial charge in [0.15, 0.2) is 0 Å². The molecule has 1 unspecified atom stereocenters. The summed E-state index contributed by atoms with van der Waals surface area (Å²) >= 11 is 0. The van der Waals surface area contributed by atoms with E-state index in [4.69, 9.17) is 4.74 Å². The second-order valence-corrected chi connectivity index (χ2v) is 6.37. The molecule has 1 amide bonds. The molecule has 0 aliphatic heterocycles. The third kappa shape index (κ3) is 2.89. The van der Waals surface area contributed by atoms with E-state index in [2.05, 4.69) is 35.4 Å². The maximum absolute atomic E-state index is 11.8. The Bertz CT molecular complexity index is 673. The van der Waals surface area contributed by atoms with Gasteiger partial charge in [0, 0.05) is 29.1 Å². The zero-order chi connectivity index (χ0) is 15.0. The summed E-state index contributed by atoms with van der Waals surface area (Å²) in [5.41, 5.74) is 5.02. The maximum atomic E-state index is 11.8. The number of aromatic nitrogens is 1. The highest BCUT2D eigenvalue weighted by Gasteiger charge is 2.27.